The molecule has 3 nitrogen and oxygen atoms in total. The highest BCUT2D eigenvalue weighted by atomic mass is 15.2. The second-order valence-electron chi connectivity index (χ2n) is 6.91. The Morgan fingerprint density at radius 2 is 2.00 bits per heavy atom. The van der Waals surface area contributed by atoms with Gasteiger partial charge in [0.2, 0.25) is 0 Å². The number of benzene rings is 1. The summed E-state index contributed by atoms with van der Waals surface area (Å²) in [5.41, 5.74) is 9.51. The predicted molar refractivity (Wildman–Crippen MR) is 88.4 cm³/mol. The number of likely N-dealkylation sites (N-methyl/N-ethyl adjacent to an activating group) is 2. The maximum atomic E-state index is 6.68. The van der Waals surface area contributed by atoms with Crippen LogP contribution < -0.4 is 5.73 Å². The average molecular weight is 287 g/mol. The number of hydrogen-bond acceptors (Lipinski definition) is 3. The fourth-order valence-electron chi connectivity index (χ4n) is 4.17. The van der Waals surface area contributed by atoms with Crippen LogP contribution in [-0.4, -0.2) is 49.1 Å². The van der Waals surface area contributed by atoms with Gasteiger partial charge in [0.25, 0.3) is 0 Å². The first-order chi connectivity index (χ1) is 10.2. The number of hydrogen-bond donors (Lipinski definition) is 1. The van der Waals surface area contributed by atoms with Crippen LogP contribution in [0.4, 0.5) is 0 Å². The predicted octanol–water partition coefficient (Wildman–Crippen LogP) is 2.42. The first kappa shape index (κ1) is 15.0. The molecule has 3 atom stereocenters. The van der Waals surface area contributed by atoms with Gasteiger partial charge >= 0.3 is 0 Å². The lowest BCUT2D eigenvalue weighted by Gasteiger charge is -2.42. The number of nitrogens with two attached hydrogens (primary N) is 1. The van der Waals surface area contributed by atoms with Crippen LogP contribution in [0.15, 0.2) is 24.3 Å². The zero-order valence-electron chi connectivity index (χ0n) is 13.5. The van der Waals surface area contributed by atoms with E-state index in [2.05, 4.69) is 48.2 Å². The standard InChI is InChI=1S/C18H29N3/c1-20-12-6-9-15(13-20)21(2)17-11-5-8-14-7-3-4-10-16(14)18(17)19/h3-4,7,10,15,17-18H,5-6,8-9,11-13,19H2,1-2H3. The van der Waals surface area contributed by atoms with Crippen LogP contribution in [0.5, 0.6) is 0 Å². The van der Waals surface area contributed by atoms with Crippen molar-refractivity contribution < 1.29 is 0 Å². The molecule has 1 fully saturated rings. The van der Waals surface area contributed by atoms with Gasteiger partial charge in [-0.05, 0) is 63.9 Å². The lowest BCUT2D eigenvalue weighted by molar-refractivity contribution is 0.0832. The molecule has 116 valence electrons. The number of nitrogens with zero attached hydrogens (tertiary/aromatic N) is 2. The molecular formula is C18H29N3. The maximum absolute atomic E-state index is 6.68. The van der Waals surface area contributed by atoms with E-state index in [1.807, 2.05) is 0 Å². The molecule has 21 heavy (non-hydrogen) atoms. The normalized spacial score (nSPS) is 31.0. The van der Waals surface area contributed by atoms with Crippen LogP contribution in [0.2, 0.25) is 0 Å². The Hall–Kier alpha value is -0.900. The van der Waals surface area contributed by atoms with E-state index < -0.39 is 0 Å². The van der Waals surface area contributed by atoms with Crippen molar-refractivity contribution in [2.75, 3.05) is 27.2 Å². The molecule has 0 saturated carbocycles. The van der Waals surface area contributed by atoms with Crippen molar-refractivity contribution in [3.8, 4) is 0 Å². The number of aryl methyl sites for hydroxylation is 1. The number of rotatable bonds is 2. The molecule has 3 unspecified atom stereocenters. The minimum atomic E-state index is 0.154. The number of likely N-dealkylation sites (tertiary alicyclic amines) is 1. The Labute approximate surface area is 129 Å². The highest BCUT2D eigenvalue weighted by Gasteiger charge is 2.32. The van der Waals surface area contributed by atoms with Gasteiger partial charge in [0.15, 0.2) is 0 Å². The molecule has 1 aliphatic heterocycles. The number of piperidine rings is 1. The highest BCUT2D eigenvalue weighted by molar-refractivity contribution is 5.32. The van der Waals surface area contributed by atoms with Gasteiger partial charge in [-0.3, -0.25) is 4.90 Å². The maximum Gasteiger partial charge on any atom is 0.0455 e. The molecule has 1 saturated heterocycles. The van der Waals surface area contributed by atoms with E-state index in [9.17, 15) is 0 Å². The van der Waals surface area contributed by atoms with Gasteiger partial charge in [0.1, 0.15) is 0 Å². The first-order valence-electron chi connectivity index (χ1n) is 8.40. The zero-order chi connectivity index (χ0) is 14.8. The van der Waals surface area contributed by atoms with E-state index >= 15 is 0 Å². The molecule has 3 rings (SSSR count). The van der Waals surface area contributed by atoms with Crippen molar-refractivity contribution >= 4 is 0 Å². The lowest BCUT2D eigenvalue weighted by atomic mass is 9.94. The molecule has 2 N–H and O–H groups in total. The molecule has 1 heterocycles. The van der Waals surface area contributed by atoms with Crippen LogP contribution in [0.25, 0.3) is 0 Å². The quantitative estimate of drug-likeness (QED) is 0.848. The largest absolute Gasteiger partial charge is 0.323 e. The highest BCUT2D eigenvalue weighted by Crippen LogP contribution is 2.31. The summed E-state index contributed by atoms with van der Waals surface area (Å²) in [5.74, 6) is 0. The molecule has 0 spiro atoms. The zero-order valence-corrected chi connectivity index (χ0v) is 13.5. The summed E-state index contributed by atoms with van der Waals surface area (Å²) >= 11 is 0. The smallest absolute Gasteiger partial charge is 0.0455 e. The van der Waals surface area contributed by atoms with Crippen LogP contribution in [0.1, 0.15) is 42.9 Å². The molecule has 1 aliphatic carbocycles. The summed E-state index contributed by atoms with van der Waals surface area (Å²) in [6, 6.07) is 10.1. The van der Waals surface area contributed by atoms with Crippen molar-refractivity contribution in [2.45, 2.75) is 50.2 Å². The molecule has 1 aromatic rings. The third-order valence-electron chi connectivity index (χ3n) is 5.47. The van der Waals surface area contributed by atoms with Crippen molar-refractivity contribution in [2.24, 2.45) is 5.73 Å². The van der Waals surface area contributed by atoms with Gasteiger partial charge in [-0.2, -0.15) is 0 Å². The van der Waals surface area contributed by atoms with E-state index in [0.29, 0.717) is 12.1 Å². The van der Waals surface area contributed by atoms with Crippen LogP contribution >= 0.6 is 0 Å². The Kier molecular flexibility index (Phi) is 4.63. The summed E-state index contributed by atoms with van der Waals surface area (Å²) in [6.45, 7) is 2.42. The van der Waals surface area contributed by atoms with Crippen LogP contribution in [0, 0.1) is 0 Å². The molecule has 0 radical (unpaired) electrons. The van der Waals surface area contributed by atoms with E-state index in [1.54, 1.807) is 0 Å². The average Bonchev–Trinajstić information content (AvgIpc) is 2.66. The van der Waals surface area contributed by atoms with Gasteiger partial charge in [-0.1, -0.05) is 24.3 Å². The molecule has 0 amide bonds. The molecule has 0 aromatic heterocycles. The Morgan fingerprint density at radius 3 is 2.81 bits per heavy atom. The van der Waals surface area contributed by atoms with E-state index in [0.717, 1.165) is 0 Å². The Bertz CT molecular complexity index is 473. The fraction of sp³-hybridized carbons (Fsp3) is 0.667. The topological polar surface area (TPSA) is 32.5 Å². The van der Waals surface area contributed by atoms with Gasteiger partial charge in [0, 0.05) is 24.7 Å². The van der Waals surface area contributed by atoms with Gasteiger partial charge in [0.05, 0.1) is 0 Å². The number of fused-ring (bicyclic) bond motifs is 1. The van der Waals surface area contributed by atoms with Crippen molar-refractivity contribution in [3.05, 3.63) is 35.4 Å². The second kappa shape index (κ2) is 6.47. The molecule has 1 aromatic carbocycles. The minimum Gasteiger partial charge on any atom is -0.323 e. The van der Waals surface area contributed by atoms with E-state index in [4.69, 9.17) is 5.73 Å². The van der Waals surface area contributed by atoms with Gasteiger partial charge in [-0.15, -0.1) is 0 Å². The molecule has 3 heteroatoms. The molecule has 2 aliphatic rings. The Balaban J connectivity index is 1.78. The molecular weight excluding hydrogens is 258 g/mol. The summed E-state index contributed by atoms with van der Waals surface area (Å²) in [5, 5.41) is 0. The second-order valence-corrected chi connectivity index (χ2v) is 6.91. The minimum absolute atomic E-state index is 0.154. The van der Waals surface area contributed by atoms with Crippen molar-refractivity contribution in [1.29, 1.82) is 0 Å². The monoisotopic (exact) mass is 287 g/mol. The van der Waals surface area contributed by atoms with Crippen molar-refractivity contribution in [1.82, 2.24) is 9.80 Å². The SMILES string of the molecule is CN1CCCC(N(C)C2CCCc3ccccc3C2N)C1. The van der Waals surface area contributed by atoms with Crippen LogP contribution in [-0.2, 0) is 6.42 Å². The molecule has 0 bridgehead atoms. The lowest BCUT2D eigenvalue weighted by Crippen LogP contribution is -2.51. The fourth-order valence-corrected chi connectivity index (χ4v) is 4.17. The first-order valence-corrected chi connectivity index (χ1v) is 8.40. The van der Waals surface area contributed by atoms with E-state index in [1.165, 1.54) is 56.3 Å². The summed E-state index contributed by atoms with van der Waals surface area (Å²) in [6.07, 6.45) is 6.27. The van der Waals surface area contributed by atoms with Crippen LogP contribution in [0.3, 0.4) is 0 Å². The Morgan fingerprint density at radius 1 is 1.19 bits per heavy atom. The van der Waals surface area contributed by atoms with Crippen molar-refractivity contribution in [3.63, 3.8) is 0 Å². The van der Waals surface area contributed by atoms with E-state index in [-0.39, 0.29) is 6.04 Å². The third-order valence-corrected chi connectivity index (χ3v) is 5.47. The summed E-state index contributed by atoms with van der Waals surface area (Å²) < 4.78 is 0. The van der Waals surface area contributed by atoms with Gasteiger partial charge in [-0.25, -0.2) is 0 Å². The van der Waals surface area contributed by atoms with Gasteiger partial charge < -0.3 is 10.6 Å². The summed E-state index contributed by atoms with van der Waals surface area (Å²) in [7, 11) is 4.53. The third kappa shape index (κ3) is 3.15. The summed E-state index contributed by atoms with van der Waals surface area (Å²) in [4.78, 5) is 5.04.